The molecule has 0 radical (unpaired) electrons. The van der Waals surface area contributed by atoms with Gasteiger partial charge < -0.3 is 10.3 Å². The minimum absolute atomic E-state index is 0.0189. The Morgan fingerprint density at radius 2 is 2.00 bits per heavy atom. The monoisotopic (exact) mass is 303 g/mol. The van der Waals surface area contributed by atoms with Crippen LogP contribution in [0.5, 0.6) is 0 Å². The number of rotatable bonds is 2. The van der Waals surface area contributed by atoms with E-state index in [-0.39, 0.29) is 10.8 Å². The van der Waals surface area contributed by atoms with Gasteiger partial charge in [0.15, 0.2) is 0 Å². The molecule has 0 unspecified atom stereocenters. The van der Waals surface area contributed by atoms with Gasteiger partial charge in [0.2, 0.25) is 10.0 Å². The molecule has 1 amide bonds. The number of anilines is 1. The number of sulfonamides is 1. The first-order valence-electron chi connectivity index (χ1n) is 6.21. The largest absolute Gasteiger partial charge is 0.361 e. The molecule has 1 aliphatic heterocycles. The van der Waals surface area contributed by atoms with Crippen molar-refractivity contribution in [3.63, 3.8) is 0 Å². The Labute approximate surface area is 121 Å². The van der Waals surface area contributed by atoms with E-state index in [1.54, 1.807) is 19.2 Å². The fourth-order valence-electron chi connectivity index (χ4n) is 2.39. The zero-order valence-electron chi connectivity index (χ0n) is 11.2. The summed E-state index contributed by atoms with van der Waals surface area (Å²) in [6.45, 7) is 1.81. The van der Waals surface area contributed by atoms with Crippen LogP contribution in [0.3, 0.4) is 0 Å². The highest BCUT2D eigenvalue weighted by atomic mass is 32.2. The number of amides is 1. The van der Waals surface area contributed by atoms with Crippen molar-refractivity contribution in [3.8, 4) is 0 Å². The Hall–Kier alpha value is -2.38. The maximum atomic E-state index is 12.2. The van der Waals surface area contributed by atoms with Crippen molar-refractivity contribution in [2.45, 2.75) is 11.8 Å². The van der Waals surface area contributed by atoms with E-state index in [0.717, 1.165) is 11.3 Å². The van der Waals surface area contributed by atoms with Crippen molar-refractivity contribution in [2.24, 2.45) is 5.14 Å². The predicted molar refractivity (Wildman–Crippen MR) is 79.7 cm³/mol. The predicted octanol–water partition coefficient (Wildman–Crippen LogP) is 1.54. The Balaban J connectivity index is 2.24. The van der Waals surface area contributed by atoms with Crippen LogP contribution < -0.4 is 10.5 Å². The highest BCUT2D eigenvalue weighted by Gasteiger charge is 2.28. The molecule has 2 heterocycles. The molecule has 0 saturated heterocycles. The van der Waals surface area contributed by atoms with E-state index in [1.807, 2.05) is 12.1 Å². The van der Waals surface area contributed by atoms with Gasteiger partial charge in [-0.3, -0.25) is 4.79 Å². The van der Waals surface area contributed by atoms with Crippen LogP contribution in [0.15, 0.2) is 41.4 Å². The summed E-state index contributed by atoms with van der Waals surface area (Å²) in [7, 11) is -3.81. The van der Waals surface area contributed by atoms with Gasteiger partial charge in [-0.2, -0.15) is 0 Å². The van der Waals surface area contributed by atoms with Crippen molar-refractivity contribution in [2.75, 3.05) is 5.32 Å². The number of nitrogens with two attached hydrogens (primary N) is 1. The van der Waals surface area contributed by atoms with Crippen molar-refractivity contribution in [1.29, 1.82) is 0 Å². The molecule has 21 heavy (non-hydrogen) atoms. The lowest BCUT2D eigenvalue weighted by Crippen LogP contribution is -2.12. The number of hydrogen-bond acceptors (Lipinski definition) is 3. The maximum absolute atomic E-state index is 12.2. The van der Waals surface area contributed by atoms with Crippen molar-refractivity contribution >= 4 is 32.8 Å². The van der Waals surface area contributed by atoms with Gasteiger partial charge in [-0.25, -0.2) is 13.6 Å². The zero-order valence-corrected chi connectivity index (χ0v) is 12.0. The number of H-pyrrole nitrogens is 1. The lowest BCUT2D eigenvalue weighted by molar-refractivity contribution is -0.110. The molecule has 6 nitrogen and oxygen atoms in total. The average Bonchev–Trinajstić information content (AvgIpc) is 3.02. The Kier molecular flexibility index (Phi) is 2.96. The normalized spacial score (nSPS) is 16.6. The van der Waals surface area contributed by atoms with Crippen LogP contribution in [0.1, 0.15) is 18.2 Å². The number of carbonyl (C=O) groups excluding carboxylic acids is 1. The van der Waals surface area contributed by atoms with Gasteiger partial charge in [-0.05, 0) is 42.8 Å². The summed E-state index contributed by atoms with van der Waals surface area (Å²) >= 11 is 0. The van der Waals surface area contributed by atoms with Gasteiger partial charge >= 0.3 is 0 Å². The summed E-state index contributed by atoms with van der Waals surface area (Å²) in [4.78, 5) is 15.2. The number of nitrogens with one attached hydrogen (secondary N) is 2. The molecule has 2 aromatic rings. The van der Waals surface area contributed by atoms with Gasteiger partial charge in [0.25, 0.3) is 5.91 Å². The second-order valence-electron chi connectivity index (χ2n) is 4.79. The molecule has 1 aromatic carbocycles. The number of allylic oxidation sites excluding steroid dienone is 1. The molecular formula is C14H13N3O3S. The SMILES string of the molecule is C/C(=C1/C(=O)Nc2ccc(S(N)(=O)=O)cc21)c1ccc[nH]1. The average molecular weight is 303 g/mol. The Morgan fingerprint density at radius 1 is 1.24 bits per heavy atom. The molecule has 0 atom stereocenters. The van der Waals surface area contributed by atoms with Crippen LogP contribution in [-0.2, 0) is 14.8 Å². The van der Waals surface area contributed by atoms with Crippen LogP contribution in [0.25, 0.3) is 11.1 Å². The number of hydrogen-bond donors (Lipinski definition) is 3. The van der Waals surface area contributed by atoms with Gasteiger partial charge in [0.05, 0.1) is 10.5 Å². The van der Waals surface area contributed by atoms with Crippen LogP contribution >= 0.6 is 0 Å². The molecule has 0 spiro atoms. The topological polar surface area (TPSA) is 105 Å². The molecule has 1 aliphatic rings. The number of aromatic amines is 1. The first kappa shape index (κ1) is 13.6. The zero-order chi connectivity index (χ0) is 15.2. The van der Waals surface area contributed by atoms with Crippen molar-refractivity contribution in [1.82, 2.24) is 4.98 Å². The van der Waals surface area contributed by atoms with Crippen molar-refractivity contribution < 1.29 is 13.2 Å². The quantitative estimate of drug-likeness (QED) is 0.733. The first-order valence-corrected chi connectivity index (χ1v) is 7.76. The number of benzene rings is 1. The van der Waals surface area contributed by atoms with Gasteiger partial charge in [-0.1, -0.05) is 0 Å². The van der Waals surface area contributed by atoms with Crippen LogP contribution in [0.4, 0.5) is 5.69 Å². The van der Waals surface area contributed by atoms with E-state index < -0.39 is 10.0 Å². The molecule has 3 rings (SSSR count). The first-order chi connectivity index (χ1) is 9.88. The summed E-state index contributed by atoms with van der Waals surface area (Å²) in [6, 6.07) is 8.01. The molecule has 4 N–H and O–H groups in total. The number of carbonyl (C=O) groups is 1. The van der Waals surface area contributed by atoms with E-state index in [4.69, 9.17) is 5.14 Å². The second-order valence-corrected chi connectivity index (χ2v) is 6.35. The molecule has 0 saturated carbocycles. The summed E-state index contributed by atoms with van der Waals surface area (Å²) in [6.07, 6.45) is 1.76. The van der Waals surface area contributed by atoms with Crippen molar-refractivity contribution in [3.05, 3.63) is 47.8 Å². The maximum Gasteiger partial charge on any atom is 0.256 e. The van der Waals surface area contributed by atoms with Crippen LogP contribution in [-0.4, -0.2) is 19.3 Å². The smallest absolute Gasteiger partial charge is 0.256 e. The van der Waals surface area contributed by atoms with E-state index >= 15 is 0 Å². The minimum Gasteiger partial charge on any atom is -0.361 e. The second kappa shape index (κ2) is 4.57. The van der Waals surface area contributed by atoms with E-state index in [1.165, 1.54) is 12.1 Å². The molecule has 1 aromatic heterocycles. The molecule has 7 heteroatoms. The lowest BCUT2D eigenvalue weighted by atomic mass is 10.0. The minimum atomic E-state index is -3.81. The third-order valence-corrected chi connectivity index (χ3v) is 4.35. The summed E-state index contributed by atoms with van der Waals surface area (Å²) in [5.41, 5.74) is 3.10. The number of fused-ring (bicyclic) bond motifs is 1. The fraction of sp³-hybridized carbons (Fsp3) is 0.0714. The Morgan fingerprint density at radius 3 is 2.62 bits per heavy atom. The van der Waals surface area contributed by atoms with Crippen LogP contribution in [0.2, 0.25) is 0 Å². The number of aromatic nitrogens is 1. The molecule has 108 valence electrons. The van der Waals surface area contributed by atoms with E-state index in [9.17, 15) is 13.2 Å². The third-order valence-electron chi connectivity index (χ3n) is 3.44. The highest BCUT2D eigenvalue weighted by Crippen LogP contribution is 2.37. The third kappa shape index (κ3) is 2.26. The summed E-state index contributed by atoms with van der Waals surface area (Å²) in [5.74, 6) is -0.260. The standard InChI is InChI=1S/C14H13N3O3S/c1-8(11-3-2-6-16-11)13-10-7-9(21(15,19)20)4-5-12(10)17-14(13)18/h2-7,16H,1H3,(H,17,18)(H2,15,19,20)/b13-8-. The highest BCUT2D eigenvalue weighted by molar-refractivity contribution is 7.89. The van der Waals surface area contributed by atoms with Gasteiger partial charge in [0, 0.05) is 23.1 Å². The van der Waals surface area contributed by atoms with E-state index in [0.29, 0.717) is 16.8 Å². The Bertz CT molecular complexity index is 865. The van der Waals surface area contributed by atoms with Gasteiger partial charge in [-0.15, -0.1) is 0 Å². The summed E-state index contributed by atoms with van der Waals surface area (Å²) < 4.78 is 22.9. The number of primary sulfonamides is 1. The summed E-state index contributed by atoms with van der Waals surface area (Å²) in [5, 5.41) is 7.87. The molecule has 0 aliphatic carbocycles. The van der Waals surface area contributed by atoms with Crippen LogP contribution in [0, 0.1) is 0 Å². The fourth-order valence-corrected chi connectivity index (χ4v) is 2.93. The van der Waals surface area contributed by atoms with E-state index in [2.05, 4.69) is 10.3 Å². The molecule has 0 bridgehead atoms. The molecular weight excluding hydrogens is 290 g/mol. The van der Waals surface area contributed by atoms with Gasteiger partial charge in [0.1, 0.15) is 0 Å². The molecule has 0 fully saturated rings. The lowest BCUT2D eigenvalue weighted by Gasteiger charge is -2.05.